The number of carbonyl (C=O) groups is 1. The van der Waals surface area contributed by atoms with Crippen LogP contribution in [-0.4, -0.2) is 28.3 Å². The van der Waals surface area contributed by atoms with Crippen LogP contribution in [0.15, 0.2) is 30.3 Å². The fraction of sp³-hybridized carbons (Fsp3) is 0.524. The van der Waals surface area contributed by atoms with Crippen LogP contribution in [-0.2, 0) is 6.54 Å². The Labute approximate surface area is 154 Å². The van der Waals surface area contributed by atoms with Crippen molar-refractivity contribution in [1.82, 2.24) is 15.1 Å². The maximum absolute atomic E-state index is 12.3. The molecule has 1 N–H and O–H groups in total. The van der Waals surface area contributed by atoms with Crippen molar-refractivity contribution in [2.24, 2.45) is 0 Å². The molecule has 2 saturated carbocycles. The van der Waals surface area contributed by atoms with Crippen molar-refractivity contribution in [2.45, 2.75) is 64.0 Å². The first-order chi connectivity index (χ1) is 12.6. The monoisotopic (exact) mass is 353 g/mol. The van der Waals surface area contributed by atoms with Gasteiger partial charge in [-0.05, 0) is 69.9 Å². The minimum atomic E-state index is -0.0522. The van der Waals surface area contributed by atoms with Crippen LogP contribution in [0.2, 0.25) is 0 Å². The highest BCUT2D eigenvalue weighted by atomic mass is 16.5. The maximum Gasteiger partial charge on any atom is 0.251 e. The highest BCUT2D eigenvalue weighted by Crippen LogP contribution is 2.44. The summed E-state index contributed by atoms with van der Waals surface area (Å²) in [7, 11) is 0. The van der Waals surface area contributed by atoms with E-state index in [9.17, 15) is 4.79 Å². The molecule has 0 aliphatic heterocycles. The molecule has 4 rings (SSSR count). The lowest BCUT2D eigenvalue weighted by Crippen LogP contribution is -2.28. The quantitative estimate of drug-likeness (QED) is 0.784. The molecule has 2 aromatic rings. The Morgan fingerprint density at radius 3 is 2.50 bits per heavy atom. The topological polar surface area (TPSA) is 56.1 Å². The summed E-state index contributed by atoms with van der Waals surface area (Å²) in [6.45, 7) is 5.30. The molecule has 1 aromatic heterocycles. The van der Waals surface area contributed by atoms with Gasteiger partial charge in [0.1, 0.15) is 5.75 Å². The maximum atomic E-state index is 12.3. The fourth-order valence-electron chi connectivity index (χ4n) is 3.25. The van der Waals surface area contributed by atoms with E-state index in [1.54, 1.807) is 0 Å². The van der Waals surface area contributed by atoms with Gasteiger partial charge in [0.25, 0.3) is 5.91 Å². The van der Waals surface area contributed by atoms with Gasteiger partial charge in [-0.2, -0.15) is 5.10 Å². The number of aromatic nitrogens is 2. The fourth-order valence-corrected chi connectivity index (χ4v) is 3.25. The molecule has 0 unspecified atom stereocenters. The molecule has 2 aliphatic carbocycles. The number of nitrogens with one attached hydrogen (secondary N) is 1. The van der Waals surface area contributed by atoms with E-state index in [0.29, 0.717) is 23.9 Å². The smallest absolute Gasteiger partial charge is 0.251 e. The van der Waals surface area contributed by atoms with Gasteiger partial charge in [-0.25, -0.2) is 0 Å². The number of benzene rings is 1. The van der Waals surface area contributed by atoms with Gasteiger partial charge in [-0.3, -0.25) is 9.48 Å². The second-order valence-corrected chi connectivity index (χ2v) is 7.71. The number of ether oxygens (including phenoxy) is 1. The number of nitrogens with zero attached hydrogens (tertiary/aromatic N) is 2. The normalized spacial score (nSPS) is 16.7. The molecular formula is C21H27N3O2. The Morgan fingerprint density at radius 2 is 1.88 bits per heavy atom. The summed E-state index contributed by atoms with van der Waals surface area (Å²) >= 11 is 0. The van der Waals surface area contributed by atoms with E-state index in [1.165, 1.54) is 37.1 Å². The average molecular weight is 353 g/mol. The molecule has 0 radical (unpaired) electrons. The summed E-state index contributed by atoms with van der Waals surface area (Å²) in [5.74, 6) is 2.09. The van der Waals surface area contributed by atoms with Gasteiger partial charge < -0.3 is 10.1 Å². The van der Waals surface area contributed by atoms with Crippen molar-refractivity contribution in [3.8, 4) is 5.75 Å². The highest BCUT2D eigenvalue weighted by Gasteiger charge is 2.32. The molecule has 1 heterocycles. The van der Waals surface area contributed by atoms with Crippen LogP contribution < -0.4 is 10.1 Å². The average Bonchev–Trinajstić information content (AvgIpc) is 3.53. The zero-order chi connectivity index (χ0) is 18.1. The molecule has 0 bridgehead atoms. The van der Waals surface area contributed by atoms with Crippen molar-refractivity contribution in [1.29, 1.82) is 0 Å². The minimum absolute atomic E-state index is 0.0522. The third-order valence-corrected chi connectivity index (χ3v) is 4.92. The summed E-state index contributed by atoms with van der Waals surface area (Å²) in [6.07, 6.45) is 5.22. The third-order valence-electron chi connectivity index (χ3n) is 4.92. The molecule has 0 saturated heterocycles. The summed E-state index contributed by atoms with van der Waals surface area (Å²) in [6, 6.07) is 9.60. The summed E-state index contributed by atoms with van der Waals surface area (Å²) in [5.41, 5.74) is 3.26. The first-order valence-electron chi connectivity index (χ1n) is 9.72. The van der Waals surface area contributed by atoms with Gasteiger partial charge in [0.15, 0.2) is 0 Å². The molecule has 0 atom stereocenters. The lowest BCUT2D eigenvalue weighted by molar-refractivity contribution is 0.0952. The Balaban J connectivity index is 1.32. The number of hydrogen-bond donors (Lipinski definition) is 1. The van der Waals surface area contributed by atoms with Gasteiger partial charge in [0, 0.05) is 29.6 Å². The first-order valence-corrected chi connectivity index (χ1v) is 9.72. The van der Waals surface area contributed by atoms with Crippen LogP contribution in [0.5, 0.6) is 5.75 Å². The zero-order valence-electron chi connectivity index (χ0n) is 15.6. The summed E-state index contributed by atoms with van der Waals surface area (Å²) < 4.78 is 7.73. The van der Waals surface area contributed by atoms with Crippen molar-refractivity contribution in [2.75, 3.05) is 6.54 Å². The molecule has 5 nitrogen and oxygen atoms in total. The predicted octanol–water partition coefficient (Wildman–Crippen LogP) is 3.86. The van der Waals surface area contributed by atoms with Crippen molar-refractivity contribution >= 4 is 5.91 Å². The Kier molecular flexibility index (Phi) is 4.70. The van der Waals surface area contributed by atoms with Crippen LogP contribution in [0.3, 0.4) is 0 Å². The zero-order valence-corrected chi connectivity index (χ0v) is 15.6. The molecule has 138 valence electrons. The Morgan fingerprint density at radius 1 is 1.19 bits per heavy atom. The van der Waals surface area contributed by atoms with E-state index in [-0.39, 0.29) is 12.0 Å². The number of carbonyl (C=O) groups excluding carboxylic acids is 1. The minimum Gasteiger partial charge on any atom is -0.491 e. The molecule has 2 aliphatic rings. The molecule has 2 fully saturated rings. The van der Waals surface area contributed by atoms with Crippen LogP contribution in [0.1, 0.15) is 73.1 Å². The van der Waals surface area contributed by atoms with Crippen molar-refractivity contribution in [3.05, 3.63) is 47.3 Å². The summed E-state index contributed by atoms with van der Waals surface area (Å²) in [5, 5.41) is 7.80. The van der Waals surface area contributed by atoms with E-state index < -0.39 is 0 Å². The Bertz CT molecular complexity index is 771. The van der Waals surface area contributed by atoms with E-state index in [4.69, 9.17) is 9.84 Å². The van der Waals surface area contributed by atoms with Gasteiger partial charge in [0.2, 0.25) is 0 Å². The molecule has 5 heteroatoms. The SMILES string of the molecule is CC(C)Oc1ccc(C(=O)NCCn2nc(C3CC3)cc2C2CC2)cc1. The molecule has 0 spiro atoms. The number of hydrogen-bond acceptors (Lipinski definition) is 3. The standard InChI is InChI=1S/C21H27N3O2/c1-14(2)26-18-9-7-17(8-10-18)21(25)22-11-12-24-20(16-5-6-16)13-19(23-24)15-3-4-15/h7-10,13-16H,3-6,11-12H2,1-2H3,(H,22,25). The lowest BCUT2D eigenvalue weighted by Gasteiger charge is -2.11. The van der Waals surface area contributed by atoms with Crippen LogP contribution >= 0.6 is 0 Å². The first kappa shape index (κ1) is 17.1. The number of amides is 1. The molecule has 1 amide bonds. The van der Waals surface area contributed by atoms with Crippen molar-refractivity contribution < 1.29 is 9.53 Å². The predicted molar refractivity (Wildman–Crippen MR) is 101 cm³/mol. The molecular weight excluding hydrogens is 326 g/mol. The lowest BCUT2D eigenvalue weighted by atomic mass is 10.2. The summed E-state index contributed by atoms with van der Waals surface area (Å²) in [4.78, 5) is 12.3. The largest absolute Gasteiger partial charge is 0.491 e. The molecule has 26 heavy (non-hydrogen) atoms. The Hall–Kier alpha value is -2.30. The number of rotatable bonds is 8. The van der Waals surface area contributed by atoms with Crippen LogP contribution in [0.25, 0.3) is 0 Å². The third kappa shape index (κ3) is 4.09. The van der Waals surface area contributed by atoms with E-state index >= 15 is 0 Å². The van der Waals surface area contributed by atoms with Gasteiger partial charge in [-0.15, -0.1) is 0 Å². The van der Waals surface area contributed by atoms with Crippen LogP contribution in [0, 0.1) is 0 Å². The highest BCUT2D eigenvalue weighted by molar-refractivity contribution is 5.94. The van der Waals surface area contributed by atoms with E-state index in [2.05, 4.69) is 16.1 Å². The van der Waals surface area contributed by atoms with Gasteiger partial charge in [0.05, 0.1) is 18.3 Å². The van der Waals surface area contributed by atoms with E-state index in [0.717, 1.165) is 12.3 Å². The van der Waals surface area contributed by atoms with Crippen LogP contribution in [0.4, 0.5) is 0 Å². The molecule has 1 aromatic carbocycles. The van der Waals surface area contributed by atoms with Crippen molar-refractivity contribution in [3.63, 3.8) is 0 Å². The van der Waals surface area contributed by atoms with Gasteiger partial charge >= 0.3 is 0 Å². The van der Waals surface area contributed by atoms with E-state index in [1.807, 2.05) is 38.1 Å². The second-order valence-electron chi connectivity index (χ2n) is 7.71. The second kappa shape index (κ2) is 7.14. The van der Waals surface area contributed by atoms with Gasteiger partial charge in [-0.1, -0.05) is 0 Å².